The van der Waals surface area contributed by atoms with Gasteiger partial charge in [-0.25, -0.2) is 0 Å². The van der Waals surface area contributed by atoms with Gasteiger partial charge in [0.05, 0.1) is 0 Å². The van der Waals surface area contributed by atoms with Gasteiger partial charge in [-0.05, 0) is 57.2 Å². The van der Waals surface area contributed by atoms with Gasteiger partial charge in [-0.1, -0.05) is 36.2 Å². The van der Waals surface area contributed by atoms with E-state index in [-0.39, 0.29) is 0 Å². The standard InChI is InChI=1S/C20H30N2O/c1-15-6-9-17(10-7-15)18-4-3-5-19(18)22(2)20(23)11-8-16-12-13-21-14-16/h6-7,9-10,16,18-19,21H,3-5,8,11-14H2,1-2H3. The average molecular weight is 314 g/mol. The molecule has 0 aromatic heterocycles. The van der Waals surface area contributed by atoms with Crippen LogP contribution < -0.4 is 5.32 Å². The minimum atomic E-state index is 0.334. The third-order valence-electron chi connectivity index (χ3n) is 5.80. The maximum Gasteiger partial charge on any atom is 0.222 e. The lowest BCUT2D eigenvalue weighted by molar-refractivity contribution is -0.132. The van der Waals surface area contributed by atoms with Crippen LogP contribution in [-0.2, 0) is 4.79 Å². The van der Waals surface area contributed by atoms with Crippen LogP contribution in [0.3, 0.4) is 0 Å². The molecule has 3 atom stereocenters. The van der Waals surface area contributed by atoms with Crippen molar-refractivity contribution in [1.29, 1.82) is 0 Å². The summed E-state index contributed by atoms with van der Waals surface area (Å²) in [5, 5.41) is 3.39. The largest absolute Gasteiger partial charge is 0.342 e. The van der Waals surface area contributed by atoms with Gasteiger partial charge in [-0.15, -0.1) is 0 Å². The molecule has 1 aromatic rings. The number of hydrogen-bond acceptors (Lipinski definition) is 2. The lowest BCUT2D eigenvalue weighted by Crippen LogP contribution is -2.38. The number of rotatable bonds is 5. The summed E-state index contributed by atoms with van der Waals surface area (Å²) in [6.07, 6.45) is 6.56. The van der Waals surface area contributed by atoms with E-state index in [4.69, 9.17) is 0 Å². The number of aryl methyl sites for hydroxylation is 1. The highest BCUT2D eigenvalue weighted by atomic mass is 16.2. The zero-order chi connectivity index (χ0) is 16.2. The predicted octanol–water partition coefficient (Wildman–Crippen LogP) is 3.48. The molecule has 3 rings (SSSR count). The first-order chi connectivity index (χ1) is 11.1. The van der Waals surface area contributed by atoms with Crippen molar-refractivity contribution in [2.75, 3.05) is 20.1 Å². The highest BCUT2D eigenvalue weighted by Crippen LogP contribution is 2.37. The molecule has 2 aliphatic rings. The lowest BCUT2D eigenvalue weighted by atomic mass is 9.92. The average Bonchev–Trinajstić information content (AvgIpc) is 3.24. The van der Waals surface area contributed by atoms with Crippen LogP contribution in [0.2, 0.25) is 0 Å². The summed E-state index contributed by atoms with van der Waals surface area (Å²) in [5.41, 5.74) is 2.70. The first-order valence-electron chi connectivity index (χ1n) is 9.18. The number of amides is 1. The second-order valence-corrected chi connectivity index (χ2v) is 7.42. The summed E-state index contributed by atoms with van der Waals surface area (Å²) >= 11 is 0. The molecule has 1 amide bonds. The Morgan fingerprint density at radius 3 is 2.70 bits per heavy atom. The Morgan fingerprint density at radius 1 is 1.22 bits per heavy atom. The van der Waals surface area contributed by atoms with Crippen LogP contribution in [-0.4, -0.2) is 37.0 Å². The second kappa shape index (κ2) is 7.48. The molecule has 126 valence electrons. The van der Waals surface area contributed by atoms with Crippen molar-refractivity contribution in [3.63, 3.8) is 0 Å². The molecule has 1 aliphatic carbocycles. The highest BCUT2D eigenvalue weighted by molar-refractivity contribution is 5.76. The molecule has 23 heavy (non-hydrogen) atoms. The van der Waals surface area contributed by atoms with E-state index in [1.807, 2.05) is 7.05 Å². The molecule has 3 unspecified atom stereocenters. The molecule has 1 aliphatic heterocycles. The number of hydrogen-bond donors (Lipinski definition) is 1. The summed E-state index contributed by atoms with van der Waals surface area (Å²) in [5.74, 6) is 1.54. The number of nitrogens with zero attached hydrogens (tertiary/aromatic N) is 1. The maximum atomic E-state index is 12.6. The minimum absolute atomic E-state index is 0.334. The molecule has 3 nitrogen and oxygen atoms in total. The minimum Gasteiger partial charge on any atom is -0.342 e. The SMILES string of the molecule is Cc1ccc(C2CCCC2N(C)C(=O)CCC2CCNC2)cc1. The summed E-state index contributed by atoms with van der Waals surface area (Å²) < 4.78 is 0. The van der Waals surface area contributed by atoms with E-state index >= 15 is 0 Å². The monoisotopic (exact) mass is 314 g/mol. The maximum absolute atomic E-state index is 12.6. The summed E-state index contributed by atoms with van der Waals surface area (Å²) in [7, 11) is 2.02. The van der Waals surface area contributed by atoms with Crippen molar-refractivity contribution in [3.8, 4) is 0 Å². The van der Waals surface area contributed by atoms with Gasteiger partial charge in [-0.2, -0.15) is 0 Å². The van der Waals surface area contributed by atoms with Gasteiger partial charge in [0.15, 0.2) is 0 Å². The molecule has 3 heteroatoms. The fourth-order valence-corrected chi connectivity index (χ4v) is 4.26. The van der Waals surface area contributed by atoms with E-state index in [2.05, 4.69) is 41.4 Å². The number of nitrogens with one attached hydrogen (secondary N) is 1. The normalized spacial score (nSPS) is 27.3. The Balaban J connectivity index is 1.59. The van der Waals surface area contributed by atoms with Crippen LogP contribution in [0.4, 0.5) is 0 Å². The van der Waals surface area contributed by atoms with Crippen LogP contribution in [0.1, 0.15) is 55.6 Å². The summed E-state index contributed by atoms with van der Waals surface area (Å²) in [6.45, 7) is 4.34. The Labute approximate surface area is 140 Å². The third-order valence-corrected chi connectivity index (χ3v) is 5.80. The van der Waals surface area contributed by atoms with Crippen LogP contribution in [0, 0.1) is 12.8 Å². The Bertz CT molecular complexity index is 519. The molecular formula is C20H30N2O. The molecule has 0 spiro atoms. The molecule has 1 N–H and O–H groups in total. The van der Waals surface area contributed by atoms with Crippen LogP contribution >= 0.6 is 0 Å². The van der Waals surface area contributed by atoms with E-state index < -0.39 is 0 Å². The van der Waals surface area contributed by atoms with Crippen molar-refractivity contribution in [2.45, 2.75) is 57.4 Å². The number of benzene rings is 1. The molecule has 0 radical (unpaired) electrons. The molecule has 1 aromatic carbocycles. The second-order valence-electron chi connectivity index (χ2n) is 7.42. The number of likely N-dealkylation sites (N-methyl/N-ethyl adjacent to an activating group) is 1. The topological polar surface area (TPSA) is 32.3 Å². The Hall–Kier alpha value is -1.35. The smallest absolute Gasteiger partial charge is 0.222 e. The molecule has 1 saturated heterocycles. The van der Waals surface area contributed by atoms with Crippen molar-refractivity contribution >= 4 is 5.91 Å². The summed E-state index contributed by atoms with van der Waals surface area (Å²) in [4.78, 5) is 14.7. The van der Waals surface area contributed by atoms with E-state index in [0.717, 1.165) is 25.9 Å². The highest BCUT2D eigenvalue weighted by Gasteiger charge is 2.33. The van der Waals surface area contributed by atoms with Gasteiger partial charge < -0.3 is 10.2 Å². The molecule has 0 bridgehead atoms. The van der Waals surface area contributed by atoms with E-state index in [0.29, 0.717) is 30.2 Å². The van der Waals surface area contributed by atoms with Crippen molar-refractivity contribution < 1.29 is 4.79 Å². The van der Waals surface area contributed by atoms with Crippen molar-refractivity contribution in [3.05, 3.63) is 35.4 Å². The van der Waals surface area contributed by atoms with Crippen LogP contribution in [0.25, 0.3) is 0 Å². The first kappa shape index (κ1) is 16.5. The summed E-state index contributed by atoms with van der Waals surface area (Å²) in [6, 6.07) is 9.27. The van der Waals surface area contributed by atoms with Crippen molar-refractivity contribution in [2.24, 2.45) is 5.92 Å². The molecule has 1 heterocycles. The van der Waals surface area contributed by atoms with Gasteiger partial charge >= 0.3 is 0 Å². The van der Waals surface area contributed by atoms with E-state index in [1.54, 1.807) is 0 Å². The Morgan fingerprint density at radius 2 is 2.00 bits per heavy atom. The lowest BCUT2D eigenvalue weighted by Gasteiger charge is -2.30. The molecule has 2 fully saturated rings. The zero-order valence-corrected chi connectivity index (χ0v) is 14.6. The van der Waals surface area contributed by atoms with Crippen LogP contribution in [0.15, 0.2) is 24.3 Å². The van der Waals surface area contributed by atoms with Gasteiger partial charge in [0.2, 0.25) is 5.91 Å². The number of carbonyl (C=O) groups excluding carboxylic acids is 1. The first-order valence-corrected chi connectivity index (χ1v) is 9.18. The van der Waals surface area contributed by atoms with Gasteiger partial charge in [-0.3, -0.25) is 4.79 Å². The van der Waals surface area contributed by atoms with Gasteiger partial charge in [0, 0.05) is 25.4 Å². The van der Waals surface area contributed by atoms with Crippen LogP contribution in [0.5, 0.6) is 0 Å². The zero-order valence-electron chi connectivity index (χ0n) is 14.6. The Kier molecular flexibility index (Phi) is 5.37. The van der Waals surface area contributed by atoms with Gasteiger partial charge in [0.1, 0.15) is 0 Å². The third kappa shape index (κ3) is 3.95. The van der Waals surface area contributed by atoms with Crippen molar-refractivity contribution in [1.82, 2.24) is 10.2 Å². The van der Waals surface area contributed by atoms with E-state index in [9.17, 15) is 4.79 Å². The quantitative estimate of drug-likeness (QED) is 0.902. The molecular weight excluding hydrogens is 284 g/mol. The van der Waals surface area contributed by atoms with Gasteiger partial charge in [0.25, 0.3) is 0 Å². The molecule has 1 saturated carbocycles. The fraction of sp³-hybridized carbons (Fsp3) is 0.650. The van der Waals surface area contributed by atoms with E-state index in [1.165, 1.54) is 30.4 Å². The fourth-order valence-electron chi connectivity index (χ4n) is 4.26. The predicted molar refractivity (Wildman–Crippen MR) is 94.5 cm³/mol. The number of carbonyl (C=O) groups is 1.